The summed E-state index contributed by atoms with van der Waals surface area (Å²) in [5.41, 5.74) is 2.55. The van der Waals surface area contributed by atoms with Crippen molar-refractivity contribution in [1.29, 1.82) is 0 Å². The van der Waals surface area contributed by atoms with Crippen molar-refractivity contribution >= 4 is 0 Å². The Morgan fingerprint density at radius 3 is 1.96 bits per heavy atom. The second-order valence-electron chi connectivity index (χ2n) is 20.5. The highest BCUT2D eigenvalue weighted by Crippen LogP contribution is 2.89. The lowest BCUT2D eigenvalue weighted by Gasteiger charge is -2.63. The number of aliphatic hydroxyl groups excluding tert-OH is 7. The van der Waals surface area contributed by atoms with Gasteiger partial charge in [0.1, 0.15) is 48.8 Å². The van der Waals surface area contributed by atoms with Crippen LogP contribution in [-0.4, -0.2) is 116 Å². The van der Waals surface area contributed by atoms with E-state index in [0.29, 0.717) is 39.4 Å². The normalized spacial score (nSPS) is 52.9. The zero-order chi connectivity index (χ0) is 39.3. The Kier molecular flexibility index (Phi) is 11.2. The molecule has 310 valence electrons. The number of hydrogen-bond donors (Lipinski definition) is 7. The summed E-state index contributed by atoms with van der Waals surface area (Å²) in [6, 6.07) is 0. The van der Waals surface area contributed by atoms with E-state index in [9.17, 15) is 35.7 Å². The average Bonchev–Trinajstić information content (AvgIpc) is 3.72. The van der Waals surface area contributed by atoms with Crippen molar-refractivity contribution in [3.63, 3.8) is 0 Å². The van der Waals surface area contributed by atoms with Crippen molar-refractivity contribution in [3.05, 3.63) is 12.2 Å². The maximum absolute atomic E-state index is 11.3. The van der Waals surface area contributed by atoms with Crippen LogP contribution in [0, 0.1) is 56.7 Å². The van der Waals surface area contributed by atoms with E-state index in [1.54, 1.807) is 0 Å². The smallest absolute Gasteiger partial charge is 0.187 e. The molecule has 0 aromatic carbocycles. The van der Waals surface area contributed by atoms with E-state index in [4.69, 9.17) is 18.9 Å². The van der Waals surface area contributed by atoms with Crippen LogP contribution in [-0.2, 0) is 18.9 Å². The summed E-state index contributed by atoms with van der Waals surface area (Å²) in [6.07, 6.45) is -1.57. The van der Waals surface area contributed by atoms with Gasteiger partial charge in [0, 0.05) is 0 Å². The average molecular weight is 765 g/mol. The highest BCUT2D eigenvalue weighted by atomic mass is 16.7. The minimum atomic E-state index is -1.71. The molecule has 7 N–H and O–H groups in total. The molecule has 11 heteroatoms. The second kappa shape index (κ2) is 14.5. The van der Waals surface area contributed by atoms with Crippen molar-refractivity contribution in [3.8, 4) is 0 Å². The summed E-state index contributed by atoms with van der Waals surface area (Å²) in [4.78, 5) is 0. The van der Waals surface area contributed by atoms with Gasteiger partial charge in [0.05, 0.1) is 19.3 Å². The van der Waals surface area contributed by atoms with Gasteiger partial charge < -0.3 is 54.7 Å². The Morgan fingerprint density at radius 1 is 0.685 bits per heavy atom. The monoisotopic (exact) mass is 765 g/mol. The van der Waals surface area contributed by atoms with E-state index >= 15 is 0 Å². The fraction of sp³-hybridized carbons (Fsp3) is 0.953. The highest BCUT2D eigenvalue weighted by molar-refractivity contribution is 5.30. The molecule has 0 aromatic rings. The molecule has 0 aromatic heterocycles. The molecule has 2 aliphatic heterocycles. The molecule has 0 radical (unpaired) electrons. The van der Waals surface area contributed by atoms with Crippen LogP contribution in [0.15, 0.2) is 12.2 Å². The Bertz CT molecular complexity index is 1370. The number of rotatable bonds is 11. The lowest BCUT2D eigenvalue weighted by Crippen LogP contribution is -2.65. The van der Waals surface area contributed by atoms with Crippen LogP contribution in [0.2, 0.25) is 0 Å². The summed E-state index contributed by atoms with van der Waals surface area (Å²) < 4.78 is 24.0. The van der Waals surface area contributed by atoms with E-state index < -0.39 is 74.6 Å². The molecule has 19 atom stereocenters. The minimum absolute atomic E-state index is 0.216. The Morgan fingerprint density at radius 2 is 1.30 bits per heavy atom. The fourth-order valence-electron chi connectivity index (χ4n) is 14.3. The summed E-state index contributed by atoms with van der Waals surface area (Å²) >= 11 is 0. The fourth-order valence-corrected chi connectivity index (χ4v) is 14.3. The molecule has 5 aliphatic carbocycles. The van der Waals surface area contributed by atoms with Gasteiger partial charge in [-0.05, 0) is 127 Å². The Labute approximate surface area is 322 Å². The Balaban J connectivity index is 1.02. The molecular formula is C43H72O11. The molecule has 2 saturated heterocycles. The van der Waals surface area contributed by atoms with Gasteiger partial charge in [-0.3, -0.25) is 0 Å². The van der Waals surface area contributed by atoms with E-state index in [1.165, 1.54) is 50.5 Å². The molecule has 0 bridgehead atoms. The van der Waals surface area contributed by atoms with E-state index in [1.807, 2.05) is 0 Å². The van der Waals surface area contributed by atoms with Crippen molar-refractivity contribution in [2.24, 2.45) is 56.7 Å². The molecule has 2 heterocycles. The zero-order valence-corrected chi connectivity index (χ0v) is 33.9. The van der Waals surface area contributed by atoms with Crippen molar-refractivity contribution < 1.29 is 54.7 Å². The molecule has 5 saturated carbocycles. The SMILES string of the molecule is C=C(CC[C@@H](C)[C@H]1CC[C@@]2(C)[C@@H]3CC[C@H]4C(C)(C)[C@@H](O[C@@H]5O[C@H](CO)[C@@H](O[C@@H]6O[C@H](CO)[C@@H](O)[C@H](O)[C@H]6O)[C@H](O)[C@H]5O)CC[C@@]45C[C@@]35CC[C@]12C)C(C)C. The van der Waals surface area contributed by atoms with Gasteiger partial charge in [-0.25, -0.2) is 0 Å². The first kappa shape index (κ1) is 41.5. The van der Waals surface area contributed by atoms with Crippen LogP contribution in [0.5, 0.6) is 0 Å². The molecule has 7 aliphatic rings. The molecule has 7 rings (SSSR count). The number of ether oxygens (including phenoxy) is 4. The van der Waals surface area contributed by atoms with Crippen molar-refractivity contribution in [1.82, 2.24) is 0 Å². The maximum atomic E-state index is 11.3. The van der Waals surface area contributed by atoms with Crippen LogP contribution < -0.4 is 0 Å². The van der Waals surface area contributed by atoms with Crippen molar-refractivity contribution in [2.75, 3.05) is 13.2 Å². The van der Waals surface area contributed by atoms with E-state index in [2.05, 4.69) is 55.0 Å². The van der Waals surface area contributed by atoms with Gasteiger partial charge in [-0.1, -0.05) is 60.6 Å². The van der Waals surface area contributed by atoms with Gasteiger partial charge >= 0.3 is 0 Å². The number of allylic oxidation sites excluding steroid dienone is 1. The summed E-state index contributed by atoms with van der Waals surface area (Å²) in [6.45, 7) is 20.1. The van der Waals surface area contributed by atoms with E-state index in [0.717, 1.165) is 37.5 Å². The molecule has 0 amide bonds. The maximum Gasteiger partial charge on any atom is 0.187 e. The molecule has 7 fully saturated rings. The second-order valence-corrected chi connectivity index (χ2v) is 20.5. The van der Waals surface area contributed by atoms with Crippen LogP contribution in [0.3, 0.4) is 0 Å². The van der Waals surface area contributed by atoms with Crippen LogP contribution in [0.4, 0.5) is 0 Å². The first-order valence-corrected chi connectivity index (χ1v) is 21.2. The van der Waals surface area contributed by atoms with Gasteiger partial charge in [0.15, 0.2) is 12.6 Å². The lowest BCUT2D eigenvalue weighted by molar-refractivity contribution is -0.367. The summed E-state index contributed by atoms with van der Waals surface area (Å²) in [5.74, 6) is 3.21. The molecule has 54 heavy (non-hydrogen) atoms. The topological polar surface area (TPSA) is 179 Å². The summed E-state index contributed by atoms with van der Waals surface area (Å²) in [7, 11) is 0. The third-order valence-electron chi connectivity index (χ3n) is 17.8. The van der Waals surface area contributed by atoms with Crippen LogP contribution >= 0.6 is 0 Å². The summed E-state index contributed by atoms with van der Waals surface area (Å²) in [5, 5.41) is 73.4. The third kappa shape index (κ3) is 6.06. The standard InChI is InChI=1S/C43H72O11/c1-22(2)23(3)9-10-24(4)25-13-15-41(8)29-12-11-28-39(5,6)30(14-16-42(28)21-43(29,42)18-17-40(25,41)7)53-37-35(50)33(48)36(27(20-45)52-37)54-38-34(49)32(47)31(46)26(19-44)51-38/h22,24-38,44-50H,3,9-21H2,1-2,4-8H3/t24-,25-,26-,27-,28+,29+,30+,31-,32+,33-,34-,35-,36-,37+,38+,40-,41+,42-,43+/m1/s1. The van der Waals surface area contributed by atoms with Gasteiger partial charge in [0.25, 0.3) is 0 Å². The quantitative estimate of drug-likeness (QED) is 0.119. The predicted octanol–water partition coefficient (Wildman–Crippen LogP) is 4.06. The number of aliphatic hydroxyl groups is 7. The minimum Gasteiger partial charge on any atom is -0.394 e. The number of hydrogen-bond acceptors (Lipinski definition) is 11. The Hall–Kier alpha value is -0.700. The van der Waals surface area contributed by atoms with Crippen LogP contribution in [0.1, 0.15) is 119 Å². The molecular weight excluding hydrogens is 692 g/mol. The zero-order valence-electron chi connectivity index (χ0n) is 33.9. The van der Waals surface area contributed by atoms with Gasteiger partial charge in [-0.15, -0.1) is 0 Å². The molecule has 0 unspecified atom stereocenters. The van der Waals surface area contributed by atoms with Gasteiger partial charge in [0.2, 0.25) is 0 Å². The van der Waals surface area contributed by atoms with Gasteiger partial charge in [-0.2, -0.15) is 0 Å². The first-order valence-electron chi connectivity index (χ1n) is 21.2. The number of fused-ring (bicyclic) bond motifs is 2. The van der Waals surface area contributed by atoms with Crippen molar-refractivity contribution in [2.45, 2.75) is 187 Å². The first-order chi connectivity index (χ1) is 25.3. The lowest BCUT2D eigenvalue weighted by atomic mass is 9.41. The molecule has 2 spiro atoms. The molecule has 11 nitrogen and oxygen atoms in total. The third-order valence-corrected chi connectivity index (χ3v) is 17.8. The van der Waals surface area contributed by atoms with E-state index in [-0.39, 0.29) is 11.5 Å². The van der Waals surface area contributed by atoms with Crippen LogP contribution in [0.25, 0.3) is 0 Å². The predicted molar refractivity (Wildman–Crippen MR) is 201 cm³/mol. The highest BCUT2D eigenvalue weighted by Gasteiger charge is 2.82. The largest absolute Gasteiger partial charge is 0.394 e.